The van der Waals surface area contributed by atoms with E-state index in [9.17, 15) is 0 Å². The Morgan fingerprint density at radius 1 is 0.273 bits per heavy atom. The normalized spacial score (nSPS) is 12.1. The van der Waals surface area contributed by atoms with Crippen LogP contribution in [0.4, 0.5) is 0 Å². The molecule has 2 aromatic heterocycles. The van der Waals surface area contributed by atoms with Crippen LogP contribution in [-0.4, -0.2) is 9.13 Å². The zero-order valence-electron chi connectivity index (χ0n) is 23.9. The van der Waals surface area contributed by atoms with E-state index in [-0.39, 0.29) is 0 Å². The van der Waals surface area contributed by atoms with Gasteiger partial charge in [0.1, 0.15) is 0 Å². The molecule has 0 saturated heterocycles. The van der Waals surface area contributed by atoms with Gasteiger partial charge in [0.15, 0.2) is 0 Å². The Hall–Kier alpha value is -5.86. The Morgan fingerprint density at radius 3 is 1.43 bits per heavy atom. The van der Waals surface area contributed by atoms with E-state index < -0.39 is 0 Å². The summed E-state index contributed by atoms with van der Waals surface area (Å²) in [6.45, 7) is 0. The van der Waals surface area contributed by atoms with Gasteiger partial charge in [0.05, 0.1) is 22.1 Å². The van der Waals surface area contributed by atoms with Crippen LogP contribution in [0.3, 0.4) is 0 Å². The van der Waals surface area contributed by atoms with E-state index in [1.165, 1.54) is 87.3 Å². The monoisotopic (exact) mass is 558 g/mol. The number of rotatable bonds is 2. The Bertz CT molecular complexity index is 2680. The van der Waals surface area contributed by atoms with Gasteiger partial charge in [-0.05, 0) is 80.8 Å². The van der Waals surface area contributed by atoms with E-state index >= 15 is 0 Å². The average molecular weight is 559 g/mol. The van der Waals surface area contributed by atoms with Crippen molar-refractivity contribution in [3.8, 4) is 11.4 Å². The Kier molecular flexibility index (Phi) is 4.75. The predicted octanol–water partition coefficient (Wildman–Crippen LogP) is 11.3. The van der Waals surface area contributed by atoms with Gasteiger partial charge in [0.2, 0.25) is 0 Å². The van der Waals surface area contributed by atoms with Crippen LogP contribution in [0.25, 0.3) is 87.3 Å². The number of hydrogen-bond acceptors (Lipinski definition) is 0. The number of benzene rings is 8. The van der Waals surface area contributed by atoms with Crippen molar-refractivity contribution in [3.63, 3.8) is 0 Å². The summed E-state index contributed by atoms with van der Waals surface area (Å²) in [6, 6.07) is 57.8. The van der Waals surface area contributed by atoms with E-state index in [4.69, 9.17) is 0 Å². The van der Waals surface area contributed by atoms with E-state index in [0.717, 1.165) is 0 Å². The Morgan fingerprint density at radius 2 is 0.727 bits per heavy atom. The third-order valence-electron chi connectivity index (χ3n) is 9.45. The van der Waals surface area contributed by atoms with Gasteiger partial charge in [-0.25, -0.2) is 0 Å². The second kappa shape index (κ2) is 8.82. The highest BCUT2D eigenvalue weighted by Gasteiger charge is 2.19. The molecule has 204 valence electrons. The Balaban J connectivity index is 1.31. The summed E-state index contributed by atoms with van der Waals surface area (Å²) in [7, 11) is 0. The minimum absolute atomic E-state index is 1.17. The van der Waals surface area contributed by atoms with E-state index in [1.807, 2.05) is 0 Å². The van der Waals surface area contributed by atoms with Crippen LogP contribution in [0.1, 0.15) is 0 Å². The molecule has 0 atom stereocenters. The van der Waals surface area contributed by atoms with Crippen LogP contribution in [0, 0.1) is 0 Å². The number of aromatic nitrogens is 2. The van der Waals surface area contributed by atoms with Crippen LogP contribution < -0.4 is 0 Å². The molecule has 8 aromatic carbocycles. The second-order valence-electron chi connectivity index (χ2n) is 11.8. The summed E-state index contributed by atoms with van der Waals surface area (Å²) in [4.78, 5) is 0. The van der Waals surface area contributed by atoms with Gasteiger partial charge in [-0.1, -0.05) is 109 Å². The topological polar surface area (TPSA) is 9.86 Å². The smallest absolute Gasteiger partial charge is 0.0547 e. The molecule has 0 saturated carbocycles. The first-order valence-corrected chi connectivity index (χ1v) is 15.2. The van der Waals surface area contributed by atoms with Gasteiger partial charge in [0, 0.05) is 32.9 Å². The van der Waals surface area contributed by atoms with Gasteiger partial charge >= 0.3 is 0 Å². The summed E-state index contributed by atoms with van der Waals surface area (Å²) in [5.41, 5.74) is 7.23. The fraction of sp³-hybridized carbons (Fsp3) is 0. The summed E-state index contributed by atoms with van der Waals surface area (Å²) in [6.07, 6.45) is 0. The zero-order chi connectivity index (χ0) is 28.8. The predicted molar refractivity (Wildman–Crippen MR) is 188 cm³/mol. The molecular formula is C42H26N2. The summed E-state index contributed by atoms with van der Waals surface area (Å²) < 4.78 is 4.87. The first-order valence-electron chi connectivity index (χ1n) is 15.2. The first kappa shape index (κ1) is 23.7. The zero-order valence-corrected chi connectivity index (χ0v) is 23.9. The minimum atomic E-state index is 1.17. The van der Waals surface area contributed by atoms with Crippen LogP contribution >= 0.6 is 0 Å². The summed E-state index contributed by atoms with van der Waals surface area (Å²) >= 11 is 0. The number of nitrogens with zero attached hydrogens (tertiary/aromatic N) is 2. The quantitative estimate of drug-likeness (QED) is 0.200. The summed E-state index contributed by atoms with van der Waals surface area (Å²) in [5, 5.41) is 12.8. The third-order valence-corrected chi connectivity index (χ3v) is 9.45. The Labute approximate surface area is 253 Å². The van der Waals surface area contributed by atoms with Crippen molar-refractivity contribution in [1.82, 2.24) is 9.13 Å². The molecule has 0 N–H and O–H groups in total. The molecule has 0 bridgehead atoms. The SMILES string of the molecule is c1ccc2cc(-n3c4ccccc4c4cc(-n5c6ccc7ccccc7c6c6c7ccccc7ccc65)ccc43)ccc2c1. The van der Waals surface area contributed by atoms with Crippen LogP contribution in [0.5, 0.6) is 0 Å². The number of fused-ring (bicyclic) bond motifs is 11. The number of para-hydroxylation sites is 1. The van der Waals surface area contributed by atoms with Crippen molar-refractivity contribution in [2.24, 2.45) is 0 Å². The maximum atomic E-state index is 2.46. The molecular weight excluding hydrogens is 532 g/mol. The maximum absolute atomic E-state index is 2.46. The molecule has 0 spiro atoms. The van der Waals surface area contributed by atoms with E-state index in [2.05, 4.69) is 167 Å². The first-order chi connectivity index (χ1) is 21.8. The second-order valence-corrected chi connectivity index (χ2v) is 11.8. The molecule has 0 aliphatic rings. The van der Waals surface area contributed by atoms with Gasteiger partial charge in [-0.2, -0.15) is 0 Å². The maximum Gasteiger partial charge on any atom is 0.0547 e. The van der Waals surface area contributed by atoms with Crippen LogP contribution in [0.15, 0.2) is 158 Å². The van der Waals surface area contributed by atoms with Crippen LogP contribution in [0.2, 0.25) is 0 Å². The molecule has 2 heteroatoms. The number of hydrogen-bond donors (Lipinski definition) is 0. The van der Waals surface area contributed by atoms with Crippen molar-refractivity contribution in [3.05, 3.63) is 158 Å². The van der Waals surface area contributed by atoms with Gasteiger partial charge in [-0.3, -0.25) is 0 Å². The van der Waals surface area contributed by atoms with E-state index in [0.29, 0.717) is 0 Å². The highest BCUT2D eigenvalue weighted by atomic mass is 15.0. The third kappa shape index (κ3) is 3.20. The highest BCUT2D eigenvalue weighted by Crippen LogP contribution is 2.42. The van der Waals surface area contributed by atoms with Gasteiger partial charge < -0.3 is 9.13 Å². The fourth-order valence-corrected chi connectivity index (χ4v) is 7.52. The molecule has 0 aliphatic heterocycles. The summed E-state index contributed by atoms with van der Waals surface area (Å²) in [5.74, 6) is 0. The molecule has 0 unspecified atom stereocenters. The molecule has 0 amide bonds. The van der Waals surface area contributed by atoms with Crippen molar-refractivity contribution in [2.45, 2.75) is 0 Å². The lowest BCUT2D eigenvalue weighted by molar-refractivity contribution is 1.17. The van der Waals surface area contributed by atoms with Crippen molar-refractivity contribution < 1.29 is 0 Å². The molecule has 0 fully saturated rings. The van der Waals surface area contributed by atoms with Crippen LogP contribution in [-0.2, 0) is 0 Å². The lowest BCUT2D eigenvalue weighted by Crippen LogP contribution is -1.96. The largest absolute Gasteiger partial charge is 0.309 e. The average Bonchev–Trinajstić information content (AvgIpc) is 3.61. The standard InChI is InChI=1S/C42H26N2/c1-2-12-30-25-31(20-17-27(30)9-1)43-37-16-8-7-15-35(37)36-26-32(21-24-38(36)43)44-39-22-18-28-10-3-5-13-33(28)41(39)42-34-14-6-4-11-29(34)19-23-40(42)44/h1-26H. The molecule has 0 radical (unpaired) electrons. The highest BCUT2D eigenvalue weighted by molar-refractivity contribution is 6.28. The van der Waals surface area contributed by atoms with Gasteiger partial charge in [-0.15, -0.1) is 0 Å². The molecule has 2 heterocycles. The van der Waals surface area contributed by atoms with E-state index in [1.54, 1.807) is 0 Å². The molecule has 10 rings (SSSR count). The minimum Gasteiger partial charge on any atom is -0.309 e. The van der Waals surface area contributed by atoms with Gasteiger partial charge in [0.25, 0.3) is 0 Å². The van der Waals surface area contributed by atoms with Crippen molar-refractivity contribution >= 4 is 75.9 Å². The molecule has 10 aromatic rings. The molecule has 0 aliphatic carbocycles. The lowest BCUT2D eigenvalue weighted by atomic mass is 10.00. The molecule has 2 nitrogen and oxygen atoms in total. The lowest BCUT2D eigenvalue weighted by Gasteiger charge is -2.11. The van der Waals surface area contributed by atoms with Crippen molar-refractivity contribution in [1.29, 1.82) is 0 Å². The van der Waals surface area contributed by atoms with Crippen molar-refractivity contribution in [2.75, 3.05) is 0 Å². The molecule has 44 heavy (non-hydrogen) atoms. The fourth-order valence-electron chi connectivity index (χ4n) is 7.52.